The summed E-state index contributed by atoms with van der Waals surface area (Å²) >= 11 is 0. The molecule has 0 saturated carbocycles. The van der Waals surface area contributed by atoms with Crippen LogP contribution >= 0.6 is 0 Å². The number of nitrogens with one attached hydrogen (secondary N) is 2. The van der Waals surface area contributed by atoms with Crippen LogP contribution in [0.15, 0.2) is 24.3 Å². The molecule has 0 fully saturated rings. The zero-order valence-corrected chi connectivity index (χ0v) is 12.2. The molecule has 0 unspecified atom stereocenters. The molecule has 4 nitrogen and oxygen atoms in total. The summed E-state index contributed by atoms with van der Waals surface area (Å²) in [7, 11) is 1.67. The quantitative estimate of drug-likeness (QED) is 0.795. The lowest BCUT2D eigenvalue weighted by atomic mass is 10.0. The number of benzene rings is 1. The van der Waals surface area contributed by atoms with Gasteiger partial charge in [-0.2, -0.15) is 0 Å². The predicted molar refractivity (Wildman–Crippen MR) is 78.2 cm³/mol. The zero-order chi connectivity index (χ0) is 14.3. The monoisotopic (exact) mass is 264 g/mol. The molecule has 2 N–H and O–H groups in total. The van der Waals surface area contributed by atoms with Gasteiger partial charge in [0.2, 0.25) is 5.91 Å². The topological polar surface area (TPSA) is 50.4 Å². The smallest absolute Gasteiger partial charge is 0.239 e. The first-order valence-electron chi connectivity index (χ1n) is 6.59. The van der Waals surface area contributed by atoms with Crippen LogP contribution in [-0.2, 0) is 16.1 Å². The highest BCUT2D eigenvalue weighted by molar-refractivity contribution is 5.81. The Labute approximate surface area is 115 Å². The molecule has 0 aromatic heterocycles. The number of ether oxygens (including phenoxy) is 1. The number of hydrogen-bond donors (Lipinski definition) is 2. The van der Waals surface area contributed by atoms with Crippen molar-refractivity contribution in [3.05, 3.63) is 29.8 Å². The van der Waals surface area contributed by atoms with E-state index in [1.54, 1.807) is 7.11 Å². The molecule has 1 aromatic carbocycles. The Bertz CT molecular complexity index is 416. The lowest BCUT2D eigenvalue weighted by Crippen LogP contribution is -2.45. The molecular weight excluding hydrogens is 240 g/mol. The number of amides is 1. The summed E-state index contributed by atoms with van der Waals surface area (Å²) in [5.74, 6) is 0.00370. The average Bonchev–Trinajstić information content (AvgIpc) is 2.37. The highest BCUT2D eigenvalue weighted by Gasteiger charge is 2.17. The number of anilines is 1. The van der Waals surface area contributed by atoms with Crippen molar-refractivity contribution in [2.24, 2.45) is 0 Å². The Morgan fingerprint density at radius 1 is 1.37 bits per heavy atom. The highest BCUT2D eigenvalue weighted by Crippen LogP contribution is 2.11. The predicted octanol–water partition coefficient (Wildman–Crippen LogP) is 2.55. The SMILES string of the molecule is CCC(C)(C)NC(=O)CNc1cccc(COC)c1. The molecular formula is C15H24N2O2. The molecule has 0 aliphatic rings. The van der Waals surface area contributed by atoms with E-state index >= 15 is 0 Å². The first-order chi connectivity index (χ1) is 8.96. The van der Waals surface area contributed by atoms with Crippen molar-refractivity contribution in [3.63, 3.8) is 0 Å². The third-order valence-electron chi connectivity index (χ3n) is 3.05. The van der Waals surface area contributed by atoms with Gasteiger partial charge in [-0.15, -0.1) is 0 Å². The van der Waals surface area contributed by atoms with Crippen molar-refractivity contribution in [1.29, 1.82) is 0 Å². The number of carbonyl (C=O) groups excluding carboxylic acids is 1. The van der Waals surface area contributed by atoms with E-state index in [0.29, 0.717) is 6.61 Å². The lowest BCUT2D eigenvalue weighted by Gasteiger charge is -2.24. The van der Waals surface area contributed by atoms with E-state index in [4.69, 9.17) is 4.74 Å². The van der Waals surface area contributed by atoms with E-state index in [1.807, 2.05) is 38.1 Å². The molecule has 0 bridgehead atoms. The maximum absolute atomic E-state index is 11.8. The summed E-state index contributed by atoms with van der Waals surface area (Å²) in [4.78, 5) is 11.8. The van der Waals surface area contributed by atoms with Crippen LogP contribution in [0.25, 0.3) is 0 Å². The third kappa shape index (κ3) is 5.75. The maximum atomic E-state index is 11.8. The van der Waals surface area contributed by atoms with E-state index in [1.165, 1.54) is 0 Å². The lowest BCUT2D eigenvalue weighted by molar-refractivity contribution is -0.121. The first kappa shape index (κ1) is 15.5. The van der Waals surface area contributed by atoms with Gasteiger partial charge in [0.05, 0.1) is 13.2 Å². The van der Waals surface area contributed by atoms with E-state index in [2.05, 4.69) is 17.6 Å². The van der Waals surface area contributed by atoms with Gasteiger partial charge in [0, 0.05) is 18.3 Å². The molecule has 1 aromatic rings. The van der Waals surface area contributed by atoms with Crippen molar-refractivity contribution in [2.75, 3.05) is 19.0 Å². The van der Waals surface area contributed by atoms with E-state index in [0.717, 1.165) is 17.7 Å². The second-order valence-electron chi connectivity index (χ2n) is 5.27. The van der Waals surface area contributed by atoms with Gasteiger partial charge in [0.15, 0.2) is 0 Å². The molecule has 0 saturated heterocycles. The highest BCUT2D eigenvalue weighted by atomic mass is 16.5. The summed E-state index contributed by atoms with van der Waals surface area (Å²) in [5.41, 5.74) is 1.86. The fourth-order valence-electron chi connectivity index (χ4n) is 1.63. The Balaban J connectivity index is 2.48. The van der Waals surface area contributed by atoms with Crippen molar-refractivity contribution in [1.82, 2.24) is 5.32 Å². The molecule has 0 aliphatic heterocycles. The third-order valence-corrected chi connectivity index (χ3v) is 3.05. The molecule has 0 atom stereocenters. The molecule has 1 amide bonds. The Morgan fingerprint density at radius 2 is 2.11 bits per heavy atom. The van der Waals surface area contributed by atoms with Gasteiger partial charge in [-0.25, -0.2) is 0 Å². The van der Waals surface area contributed by atoms with Crippen LogP contribution in [0.3, 0.4) is 0 Å². The average molecular weight is 264 g/mol. The Kier molecular flexibility index (Phi) is 5.83. The number of hydrogen-bond acceptors (Lipinski definition) is 3. The van der Waals surface area contributed by atoms with Gasteiger partial charge < -0.3 is 15.4 Å². The summed E-state index contributed by atoms with van der Waals surface area (Å²) in [6.45, 7) is 6.95. The van der Waals surface area contributed by atoms with E-state index < -0.39 is 0 Å². The molecule has 0 aliphatic carbocycles. The molecule has 4 heteroatoms. The first-order valence-corrected chi connectivity index (χ1v) is 6.59. The Morgan fingerprint density at radius 3 is 2.74 bits per heavy atom. The minimum atomic E-state index is -0.156. The summed E-state index contributed by atoms with van der Waals surface area (Å²) in [5, 5.41) is 6.11. The second kappa shape index (κ2) is 7.14. The zero-order valence-electron chi connectivity index (χ0n) is 12.2. The Hall–Kier alpha value is -1.55. The van der Waals surface area contributed by atoms with Crippen molar-refractivity contribution in [2.45, 2.75) is 39.3 Å². The number of methoxy groups -OCH3 is 1. The van der Waals surface area contributed by atoms with Crippen LogP contribution in [0, 0.1) is 0 Å². The van der Waals surface area contributed by atoms with Crippen LogP contribution in [-0.4, -0.2) is 25.1 Å². The van der Waals surface area contributed by atoms with Gasteiger partial charge in [-0.1, -0.05) is 19.1 Å². The van der Waals surface area contributed by atoms with Crippen LogP contribution in [0.1, 0.15) is 32.8 Å². The minimum absolute atomic E-state index is 0.00370. The largest absolute Gasteiger partial charge is 0.380 e. The van der Waals surface area contributed by atoms with E-state index in [9.17, 15) is 4.79 Å². The minimum Gasteiger partial charge on any atom is -0.380 e. The van der Waals surface area contributed by atoms with Crippen molar-refractivity contribution >= 4 is 11.6 Å². The van der Waals surface area contributed by atoms with Crippen molar-refractivity contribution in [3.8, 4) is 0 Å². The molecule has 0 spiro atoms. The van der Waals surface area contributed by atoms with Gasteiger partial charge in [0.1, 0.15) is 0 Å². The van der Waals surface area contributed by atoms with Gasteiger partial charge >= 0.3 is 0 Å². The molecule has 0 radical (unpaired) electrons. The molecule has 106 valence electrons. The van der Waals surface area contributed by atoms with Crippen LogP contribution in [0.5, 0.6) is 0 Å². The molecule has 19 heavy (non-hydrogen) atoms. The number of rotatable bonds is 7. The van der Waals surface area contributed by atoms with Gasteiger partial charge in [-0.05, 0) is 38.0 Å². The van der Waals surface area contributed by atoms with E-state index in [-0.39, 0.29) is 18.0 Å². The van der Waals surface area contributed by atoms with Crippen LogP contribution in [0.4, 0.5) is 5.69 Å². The molecule has 1 rings (SSSR count). The van der Waals surface area contributed by atoms with Crippen LogP contribution in [0.2, 0.25) is 0 Å². The summed E-state index contributed by atoms with van der Waals surface area (Å²) < 4.78 is 5.08. The standard InChI is InChI=1S/C15H24N2O2/c1-5-15(2,3)17-14(18)10-16-13-8-6-7-12(9-13)11-19-4/h6-9,16H,5,10-11H2,1-4H3,(H,17,18). The van der Waals surface area contributed by atoms with Crippen molar-refractivity contribution < 1.29 is 9.53 Å². The second-order valence-corrected chi connectivity index (χ2v) is 5.27. The van der Waals surface area contributed by atoms with Crippen LogP contribution < -0.4 is 10.6 Å². The molecule has 0 heterocycles. The fraction of sp³-hybridized carbons (Fsp3) is 0.533. The normalized spacial score (nSPS) is 11.2. The maximum Gasteiger partial charge on any atom is 0.239 e. The van der Waals surface area contributed by atoms with Gasteiger partial charge in [-0.3, -0.25) is 4.79 Å². The van der Waals surface area contributed by atoms with Gasteiger partial charge in [0.25, 0.3) is 0 Å². The fourth-order valence-corrected chi connectivity index (χ4v) is 1.63. The number of carbonyl (C=O) groups is 1. The summed E-state index contributed by atoms with van der Waals surface area (Å²) in [6, 6.07) is 7.87. The summed E-state index contributed by atoms with van der Waals surface area (Å²) in [6.07, 6.45) is 0.905.